The molecule has 0 radical (unpaired) electrons. The van der Waals surface area contributed by atoms with Crippen molar-refractivity contribution in [1.82, 2.24) is 0 Å². The van der Waals surface area contributed by atoms with Crippen LogP contribution in [-0.2, 0) is 28.6 Å². The van der Waals surface area contributed by atoms with Gasteiger partial charge >= 0.3 is 17.9 Å². The molecule has 0 saturated carbocycles. The summed E-state index contributed by atoms with van der Waals surface area (Å²) in [6.07, 6.45) is 68.0. The fraction of sp³-hybridized carbons (Fsp3) is 0.632. The summed E-state index contributed by atoms with van der Waals surface area (Å²) in [5.41, 5.74) is 0. The molecule has 1 atom stereocenters. The average Bonchev–Trinajstić information content (AvgIpc) is 3.28. The molecule has 0 aromatic heterocycles. The van der Waals surface area contributed by atoms with E-state index in [0.717, 1.165) is 116 Å². The van der Waals surface area contributed by atoms with Gasteiger partial charge in [0.05, 0.1) is 0 Å². The van der Waals surface area contributed by atoms with Crippen LogP contribution in [0.3, 0.4) is 0 Å². The Morgan fingerprint density at radius 1 is 0.333 bits per heavy atom. The van der Waals surface area contributed by atoms with Crippen LogP contribution < -0.4 is 0 Å². The molecule has 0 rings (SSSR count). The Kier molecular flexibility index (Phi) is 47.5. The van der Waals surface area contributed by atoms with Gasteiger partial charge in [-0.25, -0.2) is 0 Å². The fourth-order valence-electron chi connectivity index (χ4n) is 6.50. The van der Waals surface area contributed by atoms with Gasteiger partial charge in [-0.05, 0) is 109 Å². The molecule has 6 nitrogen and oxygen atoms in total. The van der Waals surface area contributed by atoms with Crippen LogP contribution in [0.1, 0.15) is 213 Å². The third-order valence-electron chi connectivity index (χ3n) is 10.3. The number of hydrogen-bond donors (Lipinski definition) is 0. The summed E-state index contributed by atoms with van der Waals surface area (Å²) in [6, 6.07) is 0. The van der Waals surface area contributed by atoms with Gasteiger partial charge in [0.1, 0.15) is 13.2 Å². The Balaban J connectivity index is 4.54. The molecule has 0 aliphatic rings. The van der Waals surface area contributed by atoms with Crippen LogP contribution in [0.15, 0.2) is 109 Å². The number of unbranched alkanes of at least 4 members (excludes halogenated alkanes) is 15. The molecule has 0 bridgehead atoms. The molecule has 0 aromatic rings. The van der Waals surface area contributed by atoms with Crippen molar-refractivity contribution >= 4 is 17.9 Å². The molecule has 0 N–H and O–H groups in total. The van der Waals surface area contributed by atoms with Crippen LogP contribution in [0.5, 0.6) is 0 Å². The minimum atomic E-state index is -0.822. The first-order valence-electron chi connectivity index (χ1n) is 25.4. The molecule has 1 unspecified atom stereocenters. The fourth-order valence-corrected chi connectivity index (χ4v) is 6.50. The van der Waals surface area contributed by atoms with Crippen molar-refractivity contribution in [1.29, 1.82) is 0 Å². The standard InChI is InChI=1S/C57H92O6/c1-4-7-10-13-16-19-22-25-27-29-32-35-38-41-44-47-50-56(59)62-53-54(52-61-55(58)49-46-43-40-37-34-31-24-21-18-15-12-9-6-3)63-57(60)51-48-45-42-39-36-33-30-28-26-23-20-17-14-11-8-5-2/h7-8,10-11,16-17,19-20,25-28,31-32,34-35,40,43,54H,4-6,9,12-15,18,21-24,29-30,33,36-39,41-42,44-53H2,1-3H3/b10-7-,11-8-,19-16-,20-17-,27-25-,28-26-,34-31-,35-32-,43-40-. The molecule has 0 aliphatic heterocycles. The second-order valence-corrected chi connectivity index (χ2v) is 16.3. The molecule has 0 saturated heterocycles. The molecule has 356 valence electrons. The largest absolute Gasteiger partial charge is 0.462 e. The number of carbonyl (C=O) groups excluding carboxylic acids is 3. The number of hydrogen-bond acceptors (Lipinski definition) is 6. The highest BCUT2D eigenvalue weighted by atomic mass is 16.6. The quantitative estimate of drug-likeness (QED) is 0.0263. The van der Waals surface area contributed by atoms with E-state index in [1.807, 2.05) is 6.08 Å². The van der Waals surface area contributed by atoms with Crippen molar-refractivity contribution in [2.24, 2.45) is 0 Å². The first kappa shape index (κ1) is 59.1. The van der Waals surface area contributed by atoms with Gasteiger partial charge in [0, 0.05) is 19.3 Å². The van der Waals surface area contributed by atoms with Crippen LogP contribution in [0, 0.1) is 0 Å². The lowest BCUT2D eigenvalue weighted by Crippen LogP contribution is -2.30. The van der Waals surface area contributed by atoms with Gasteiger partial charge in [-0.3, -0.25) is 14.4 Å². The summed E-state index contributed by atoms with van der Waals surface area (Å²) in [4.78, 5) is 37.9. The van der Waals surface area contributed by atoms with E-state index in [0.29, 0.717) is 19.3 Å². The van der Waals surface area contributed by atoms with Crippen molar-refractivity contribution in [3.05, 3.63) is 109 Å². The summed E-state index contributed by atoms with van der Waals surface area (Å²) in [7, 11) is 0. The molecular weight excluding hydrogens is 781 g/mol. The maximum Gasteiger partial charge on any atom is 0.306 e. The van der Waals surface area contributed by atoms with E-state index >= 15 is 0 Å². The highest BCUT2D eigenvalue weighted by Gasteiger charge is 2.19. The van der Waals surface area contributed by atoms with Crippen LogP contribution in [0.4, 0.5) is 0 Å². The van der Waals surface area contributed by atoms with Crippen molar-refractivity contribution in [2.45, 2.75) is 219 Å². The first-order chi connectivity index (χ1) is 31.0. The molecule has 0 amide bonds. The Labute approximate surface area is 387 Å². The van der Waals surface area contributed by atoms with Gasteiger partial charge in [-0.15, -0.1) is 0 Å². The van der Waals surface area contributed by atoms with E-state index in [-0.39, 0.29) is 37.5 Å². The highest BCUT2D eigenvalue weighted by molar-refractivity contribution is 5.71. The second kappa shape index (κ2) is 50.7. The monoisotopic (exact) mass is 873 g/mol. The zero-order valence-corrected chi connectivity index (χ0v) is 40.5. The summed E-state index contributed by atoms with van der Waals surface area (Å²) < 4.78 is 16.7. The SMILES string of the molecule is CC/C=C\C/C=C\C/C=C\C/C=C\CCCCCC(=O)OCC(COC(=O)CC/C=C\C/C=C\CCCCCCCC)OC(=O)CCCCCCCC/C=C\C/C=C\C/C=C\CC. The third-order valence-corrected chi connectivity index (χ3v) is 10.3. The number of carbonyl (C=O) groups is 3. The Hall–Kier alpha value is -3.93. The van der Waals surface area contributed by atoms with Gasteiger partial charge in [0.15, 0.2) is 6.10 Å². The van der Waals surface area contributed by atoms with Gasteiger partial charge in [-0.1, -0.05) is 194 Å². The Morgan fingerprint density at radius 3 is 1.08 bits per heavy atom. The lowest BCUT2D eigenvalue weighted by molar-refractivity contribution is -0.166. The van der Waals surface area contributed by atoms with Gasteiger partial charge in [0.2, 0.25) is 0 Å². The smallest absolute Gasteiger partial charge is 0.306 e. The topological polar surface area (TPSA) is 78.9 Å². The van der Waals surface area contributed by atoms with Crippen LogP contribution >= 0.6 is 0 Å². The highest BCUT2D eigenvalue weighted by Crippen LogP contribution is 2.12. The van der Waals surface area contributed by atoms with E-state index in [2.05, 4.69) is 124 Å². The number of allylic oxidation sites excluding steroid dienone is 18. The molecule has 0 spiro atoms. The summed E-state index contributed by atoms with van der Waals surface area (Å²) >= 11 is 0. The van der Waals surface area contributed by atoms with E-state index < -0.39 is 6.10 Å². The van der Waals surface area contributed by atoms with Crippen LogP contribution in [-0.4, -0.2) is 37.2 Å². The maximum absolute atomic E-state index is 12.8. The Morgan fingerprint density at radius 2 is 0.651 bits per heavy atom. The minimum Gasteiger partial charge on any atom is -0.462 e. The Bertz CT molecular complexity index is 1330. The van der Waals surface area contributed by atoms with E-state index in [1.54, 1.807) is 0 Å². The lowest BCUT2D eigenvalue weighted by atomic mass is 10.1. The predicted molar refractivity (Wildman–Crippen MR) is 270 cm³/mol. The molecule has 0 aliphatic carbocycles. The zero-order valence-electron chi connectivity index (χ0n) is 40.5. The van der Waals surface area contributed by atoms with E-state index in [4.69, 9.17) is 14.2 Å². The molecular formula is C57H92O6. The minimum absolute atomic E-state index is 0.119. The summed E-state index contributed by atoms with van der Waals surface area (Å²) in [6.45, 7) is 6.30. The average molecular weight is 873 g/mol. The number of esters is 3. The first-order valence-corrected chi connectivity index (χ1v) is 25.4. The van der Waals surface area contributed by atoms with Crippen molar-refractivity contribution in [3.63, 3.8) is 0 Å². The second-order valence-electron chi connectivity index (χ2n) is 16.3. The lowest BCUT2D eigenvalue weighted by Gasteiger charge is -2.18. The predicted octanol–water partition coefficient (Wildman–Crippen LogP) is 16.8. The van der Waals surface area contributed by atoms with Crippen molar-refractivity contribution in [2.75, 3.05) is 13.2 Å². The number of ether oxygens (including phenoxy) is 3. The third kappa shape index (κ3) is 49.0. The van der Waals surface area contributed by atoms with E-state index in [9.17, 15) is 14.4 Å². The van der Waals surface area contributed by atoms with Crippen molar-refractivity contribution in [3.8, 4) is 0 Å². The zero-order chi connectivity index (χ0) is 45.8. The normalized spacial score (nSPS) is 13.0. The molecule has 0 fully saturated rings. The molecule has 6 heteroatoms. The summed E-state index contributed by atoms with van der Waals surface area (Å²) in [5, 5.41) is 0. The van der Waals surface area contributed by atoms with Crippen molar-refractivity contribution < 1.29 is 28.6 Å². The number of rotatable bonds is 44. The van der Waals surface area contributed by atoms with Gasteiger partial charge in [0.25, 0.3) is 0 Å². The van der Waals surface area contributed by atoms with Crippen LogP contribution in [0.25, 0.3) is 0 Å². The maximum atomic E-state index is 12.8. The van der Waals surface area contributed by atoms with Crippen LogP contribution in [0.2, 0.25) is 0 Å². The molecule has 0 aromatic carbocycles. The molecule has 0 heterocycles. The molecule has 63 heavy (non-hydrogen) atoms. The van der Waals surface area contributed by atoms with E-state index in [1.165, 1.54) is 51.4 Å². The summed E-state index contributed by atoms with van der Waals surface area (Å²) in [5.74, 6) is -1.04. The van der Waals surface area contributed by atoms with Gasteiger partial charge in [-0.2, -0.15) is 0 Å². The van der Waals surface area contributed by atoms with Gasteiger partial charge < -0.3 is 14.2 Å².